The molecule has 6 nitrogen and oxygen atoms in total. The Hall–Kier alpha value is -2.74. The molecule has 1 fully saturated rings. The summed E-state index contributed by atoms with van der Waals surface area (Å²) in [5, 5.41) is 15.9. The lowest BCUT2D eigenvalue weighted by atomic mass is 9.84. The van der Waals surface area contributed by atoms with Crippen LogP contribution in [0.1, 0.15) is 47.8 Å². The summed E-state index contributed by atoms with van der Waals surface area (Å²) in [5.41, 5.74) is 1.64. The van der Waals surface area contributed by atoms with Crippen LogP contribution in [0, 0.1) is 5.92 Å². The number of carbonyl (C=O) groups is 1. The number of para-hydroxylation sites is 1. The van der Waals surface area contributed by atoms with Gasteiger partial charge in [0.25, 0.3) is 5.91 Å². The van der Waals surface area contributed by atoms with Crippen molar-refractivity contribution in [3.05, 3.63) is 64.9 Å². The van der Waals surface area contributed by atoms with Crippen molar-refractivity contribution >= 4 is 38.4 Å². The van der Waals surface area contributed by atoms with Crippen molar-refractivity contribution in [2.45, 2.75) is 38.8 Å². The van der Waals surface area contributed by atoms with Gasteiger partial charge in [-0.05, 0) is 54.7 Å². The normalized spacial score (nSPS) is 16.6. The standard InChI is InChI=1S/C26H29N3O3S/c1-17(2)16-29-11-9-26(31,10-12-29)19-7-8-21-18(13-19)14-22(32-21)25(30)27-15-24-28-20-5-3-4-6-23(20)33-24/h3-8,13-14,17,31H,9-12,15-16H2,1-2H3,(H,27,30). The summed E-state index contributed by atoms with van der Waals surface area (Å²) in [7, 11) is 0. The molecule has 172 valence electrons. The summed E-state index contributed by atoms with van der Waals surface area (Å²) in [5.74, 6) is 0.618. The smallest absolute Gasteiger partial charge is 0.287 e. The van der Waals surface area contributed by atoms with Gasteiger partial charge in [0.2, 0.25) is 0 Å². The highest BCUT2D eigenvalue weighted by Gasteiger charge is 2.34. The van der Waals surface area contributed by atoms with Crippen LogP contribution in [-0.4, -0.2) is 40.5 Å². The molecule has 5 rings (SSSR count). The number of nitrogens with zero attached hydrogens (tertiary/aromatic N) is 2. The van der Waals surface area contributed by atoms with Gasteiger partial charge in [0.05, 0.1) is 22.4 Å². The van der Waals surface area contributed by atoms with Crippen LogP contribution in [0.15, 0.2) is 52.9 Å². The molecule has 0 bridgehead atoms. The molecular formula is C26H29N3O3S. The van der Waals surface area contributed by atoms with Gasteiger partial charge in [-0.1, -0.05) is 32.0 Å². The van der Waals surface area contributed by atoms with Crippen LogP contribution in [0.5, 0.6) is 0 Å². The van der Waals surface area contributed by atoms with E-state index in [4.69, 9.17) is 4.42 Å². The minimum Gasteiger partial charge on any atom is -0.451 e. The fraction of sp³-hybridized carbons (Fsp3) is 0.385. The molecule has 2 N–H and O–H groups in total. The second-order valence-corrected chi connectivity index (χ2v) is 10.5. The molecule has 2 aromatic carbocycles. The number of hydrogen-bond donors (Lipinski definition) is 2. The highest BCUT2D eigenvalue weighted by Crippen LogP contribution is 2.35. The maximum atomic E-state index is 12.7. The van der Waals surface area contributed by atoms with Crippen molar-refractivity contribution in [2.24, 2.45) is 5.92 Å². The van der Waals surface area contributed by atoms with E-state index < -0.39 is 5.60 Å². The van der Waals surface area contributed by atoms with Crippen molar-refractivity contribution in [1.82, 2.24) is 15.2 Å². The van der Waals surface area contributed by atoms with Crippen LogP contribution >= 0.6 is 11.3 Å². The Balaban J connectivity index is 1.27. The maximum absolute atomic E-state index is 12.7. The van der Waals surface area contributed by atoms with Crippen molar-refractivity contribution < 1.29 is 14.3 Å². The van der Waals surface area contributed by atoms with Gasteiger partial charge in [-0.2, -0.15) is 0 Å². The summed E-state index contributed by atoms with van der Waals surface area (Å²) in [6.07, 6.45) is 1.41. The Bertz CT molecular complexity index is 1250. The number of rotatable bonds is 6. The highest BCUT2D eigenvalue weighted by molar-refractivity contribution is 7.18. The van der Waals surface area contributed by atoms with E-state index in [2.05, 4.69) is 29.0 Å². The highest BCUT2D eigenvalue weighted by atomic mass is 32.1. The lowest BCUT2D eigenvalue weighted by Crippen LogP contribution is -2.43. The number of furan rings is 1. The summed E-state index contributed by atoms with van der Waals surface area (Å²) in [6.45, 7) is 7.63. The minimum atomic E-state index is -0.839. The summed E-state index contributed by atoms with van der Waals surface area (Å²) in [6, 6.07) is 15.4. The quantitative estimate of drug-likeness (QED) is 0.425. The van der Waals surface area contributed by atoms with Crippen molar-refractivity contribution in [1.29, 1.82) is 0 Å². The van der Waals surface area contributed by atoms with Gasteiger partial charge in [0, 0.05) is 25.0 Å². The van der Waals surface area contributed by atoms with Crippen LogP contribution in [-0.2, 0) is 12.1 Å². The zero-order valence-electron chi connectivity index (χ0n) is 19.0. The first-order valence-corrected chi connectivity index (χ1v) is 12.3. The van der Waals surface area contributed by atoms with Crippen LogP contribution < -0.4 is 5.32 Å². The third-order valence-corrected chi connectivity index (χ3v) is 7.36. The molecule has 4 aromatic rings. The van der Waals surface area contributed by atoms with Gasteiger partial charge in [0.15, 0.2) is 5.76 Å². The zero-order valence-corrected chi connectivity index (χ0v) is 19.8. The lowest BCUT2D eigenvalue weighted by Gasteiger charge is -2.39. The first-order chi connectivity index (χ1) is 15.9. The lowest BCUT2D eigenvalue weighted by molar-refractivity contribution is -0.0278. The van der Waals surface area contributed by atoms with Crippen LogP contribution in [0.2, 0.25) is 0 Å². The van der Waals surface area contributed by atoms with Crippen molar-refractivity contribution in [3.63, 3.8) is 0 Å². The molecule has 0 atom stereocenters. The van der Waals surface area contributed by atoms with Gasteiger partial charge < -0.3 is 19.7 Å². The Morgan fingerprint density at radius 3 is 2.76 bits per heavy atom. The number of piperidine rings is 1. The number of nitrogens with one attached hydrogen (secondary N) is 1. The van der Waals surface area contributed by atoms with E-state index in [0.717, 1.165) is 45.8 Å². The zero-order chi connectivity index (χ0) is 23.0. The van der Waals surface area contributed by atoms with Gasteiger partial charge >= 0.3 is 0 Å². The summed E-state index contributed by atoms with van der Waals surface area (Å²) < 4.78 is 6.90. The molecule has 0 aliphatic carbocycles. The molecule has 2 aromatic heterocycles. The fourth-order valence-electron chi connectivity index (χ4n) is 4.59. The number of carbonyl (C=O) groups excluding carboxylic acids is 1. The third kappa shape index (κ3) is 4.67. The number of aromatic nitrogens is 1. The Kier molecular flexibility index (Phi) is 5.95. The minimum absolute atomic E-state index is 0.266. The number of amides is 1. The second-order valence-electron chi connectivity index (χ2n) is 9.35. The second kappa shape index (κ2) is 8.89. The Labute approximate surface area is 197 Å². The van der Waals surface area contributed by atoms with Crippen molar-refractivity contribution in [2.75, 3.05) is 19.6 Å². The van der Waals surface area contributed by atoms with Crippen LogP contribution in [0.3, 0.4) is 0 Å². The number of benzene rings is 2. The Morgan fingerprint density at radius 1 is 1.21 bits per heavy atom. The van der Waals surface area contributed by atoms with Gasteiger partial charge in [0.1, 0.15) is 10.6 Å². The van der Waals surface area contributed by atoms with Crippen LogP contribution in [0.25, 0.3) is 21.2 Å². The maximum Gasteiger partial charge on any atom is 0.287 e. The molecule has 1 amide bonds. The van der Waals surface area contributed by atoms with E-state index in [1.165, 1.54) is 0 Å². The van der Waals surface area contributed by atoms with Gasteiger partial charge in [-0.15, -0.1) is 11.3 Å². The SMILES string of the molecule is CC(C)CN1CCC(O)(c2ccc3oc(C(=O)NCc4nc5ccccc5s4)cc3c2)CC1. The van der Waals surface area contributed by atoms with Gasteiger partial charge in [-0.3, -0.25) is 4.79 Å². The molecule has 0 saturated carbocycles. The number of hydrogen-bond acceptors (Lipinski definition) is 6. The monoisotopic (exact) mass is 463 g/mol. The number of aliphatic hydroxyl groups is 1. The average Bonchev–Trinajstić information content (AvgIpc) is 3.42. The first-order valence-electron chi connectivity index (χ1n) is 11.5. The topological polar surface area (TPSA) is 78.6 Å². The van der Waals surface area contributed by atoms with E-state index in [1.807, 2.05) is 42.5 Å². The van der Waals surface area contributed by atoms with E-state index in [-0.39, 0.29) is 11.7 Å². The molecule has 33 heavy (non-hydrogen) atoms. The molecule has 3 heterocycles. The van der Waals surface area contributed by atoms with Crippen molar-refractivity contribution in [3.8, 4) is 0 Å². The van der Waals surface area contributed by atoms with E-state index in [1.54, 1.807) is 17.4 Å². The van der Waals surface area contributed by atoms with E-state index >= 15 is 0 Å². The molecule has 1 aliphatic heterocycles. The summed E-state index contributed by atoms with van der Waals surface area (Å²) in [4.78, 5) is 19.7. The molecule has 1 saturated heterocycles. The molecule has 7 heteroatoms. The molecule has 0 radical (unpaired) electrons. The van der Waals surface area contributed by atoms with Crippen LogP contribution in [0.4, 0.5) is 0 Å². The molecular weight excluding hydrogens is 434 g/mol. The van der Waals surface area contributed by atoms with Gasteiger partial charge in [-0.25, -0.2) is 4.98 Å². The number of likely N-dealkylation sites (tertiary alicyclic amines) is 1. The predicted octanol–water partition coefficient (Wildman–Crippen LogP) is 4.91. The number of fused-ring (bicyclic) bond motifs is 2. The molecule has 0 spiro atoms. The third-order valence-electron chi connectivity index (χ3n) is 6.32. The Morgan fingerprint density at radius 2 is 2.00 bits per heavy atom. The fourth-order valence-corrected chi connectivity index (χ4v) is 5.50. The number of thiazole rings is 1. The first kappa shape index (κ1) is 22.1. The predicted molar refractivity (Wildman–Crippen MR) is 131 cm³/mol. The summed E-state index contributed by atoms with van der Waals surface area (Å²) >= 11 is 1.57. The molecule has 0 unspecified atom stereocenters. The van der Waals surface area contributed by atoms with E-state index in [0.29, 0.717) is 30.9 Å². The average molecular weight is 464 g/mol. The largest absolute Gasteiger partial charge is 0.451 e. The molecule has 1 aliphatic rings. The van der Waals surface area contributed by atoms with E-state index in [9.17, 15) is 9.90 Å².